The molecule has 2 heterocycles. The molecule has 128 valence electrons. The number of hydrogen-bond donors (Lipinski definition) is 1. The number of rotatable bonds is 1. The number of benzene rings is 2. The van der Waals surface area contributed by atoms with Crippen LogP contribution in [0.25, 0.3) is 16.5 Å². The summed E-state index contributed by atoms with van der Waals surface area (Å²) in [7, 11) is 0. The van der Waals surface area contributed by atoms with E-state index in [1.807, 2.05) is 30.3 Å². The van der Waals surface area contributed by atoms with Gasteiger partial charge in [0.05, 0.1) is 11.6 Å². The van der Waals surface area contributed by atoms with Crippen molar-refractivity contribution in [2.45, 2.75) is 25.3 Å². The molecule has 3 aromatic rings. The highest BCUT2D eigenvalue weighted by atomic mass is 19.1. The summed E-state index contributed by atoms with van der Waals surface area (Å²) in [6.45, 7) is 0. The number of nitrogens with zero attached hydrogens (tertiary/aromatic N) is 1. The topological polar surface area (TPSA) is 42.0 Å². The van der Waals surface area contributed by atoms with Gasteiger partial charge in [0.15, 0.2) is 5.78 Å². The zero-order valence-corrected chi connectivity index (χ0v) is 14.1. The molecular weight excluding hydrogens is 327 g/mol. The second kappa shape index (κ2) is 5.77. The fourth-order valence-electron chi connectivity index (χ4n) is 4.23. The molecule has 1 aromatic heterocycles. The van der Waals surface area contributed by atoms with Crippen LogP contribution in [0.3, 0.4) is 0 Å². The van der Waals surface area contributed by atoms with Gasteiger partial charge in [0, 0.05) is 40.4 Å². The lowest BCUT2D eigenvalue weighted by Crippen LogP contribution is -2.28. The first-order valence-corrected chi connectivity index (χ1v) is 8.89. The zero-order chi connectivity index (χ0) is 17.7. The normalized spacial score (nSPS) is 19.1. The van der Waals surface area contributed by atoms with E-state index in [2.05, 4.69) is 10.3 Å². The SMILES string of the molecule is O=C1CCCC2=C1[C@@H](c1ccccc1F)Nc1ccc3ncccc3c12. The highest BCUT2D eigenvalue weighted by Crippen LogP contribution is 2.47. The van der Waals surface area contributed by atoms with Crippen molar-refractivity contribution in [1.29, 1.82) is 0 Å². The number of hydrogen-bond acceptors (Lipinski definition) is 3. The Bertz CT molecular complexity index is 1090. The van der Waals surface area contributed by atoms with Crippen LogP contribution in [0.15, 0.2) is 60.3 Å². The summed E-state index contributed by atoms with van der Waals surface area (Å²) in [5.41, 5.74) is 5.17. The summed E-state index contributed by atoms with van der Waals surface area (Å²) < 4.78 is 14.5. The minimum atomic E-state index is -0.444. The van der Waals surface area contributed by atoms with Gasteiger partial charge < -0.3 is 5.32 Å². The minimum absolute atomic E-state index is 0.110. The van der Waals surface area contributed by atoms with Gasteiger partial charge in [-0.05, 0) is 42.7 Å². The number of carbonyl (C=O) groups excluding carboxylic acids is 1. The van der Waals surface area contributed by atoms with Gasteiger partial charge in [-0.3, -0.25) is 9.78 Å². The van der Waals surface area contributed by atoms with Gasteiger partial charge in [-0.2, -0.15) is 0 Å². The molecule has 1 aliphatic heterocycles. The van der Waals surface area contributed by atoms with E-state index in [0.717, 1.165) is 40.6 Å². The van der Waals surface area contributed by atoms with E-state index in [9.17, 15) is 9.18 Å². The molecule has 26 heavy (non-hydrogen) atoms. The number of Topliss-reactive ketones (excluding diaryl/α,β-unsaturated/α-hetero) is 1. The number of carbonyl (C=O) groups is 1. The van der Waals surface area contributed by atoms with Crippen LogP contribution in [0.4, 0.5) is 10.1 Å². The molecule has 0 unspecified atom stereocenters. The first-order chi connectivity index (χ1) is 12.7. The molecule has 0 amide bonds. The molecule has 2 aliphatic rings. The van der Waals surface area contributed by atoms with Crippen molar-refractivity contribution >= 4 is 27.9 Å². The van der Waals surface area contributed by atoms with Gasteiger partial charge in [0.2, 0.25) is 0 Å². The van der Waals surface area contributed by atoms with Crippen molar-refractivity contribution < 1.29 is 9.18 Å². The second-order valence-corrected chi connectivity index (χ2v) is 6.83. The van der Waals surface area contributed by atoms with Crippen molar-refractivity contribution in [1.82, 2.24) is 4.98 Å². The fourth-order valence-corrected chi connectivity index (χ4v) is 4.23. The van der Waals surface area contributed by atoms with Crippen LogP contribution < -0.4 is 5.32 Å². The maximum atomic E-state index is 14.5. The van der Waals surface area contributed by atoms with Crippen LogP contribution in [-0.2, 0) is 4.79 Å². The third kappa shape index (κ3) is 2.18. The molecule has 0 radical (unpaired) electrons. The van der Waals surface area contributed by atoms with Gasteiger partial charge in [-0.15, -0.1) is 0 Å². The number of fused-ring (bicyclic) bond motifs is 4. The summed E-state index contributed by atoms with van der Waals surface area (Å²) in [4.78, 5) is 17.3. The van der Waals surface area contributed by atoms with Crippen LogP contribution >= 0.6 is 0 Å². The Morgan fingerprint density at radius 3 is 2.81 bits per heavy atom. The Kier molecular flexibility index (Phi) is 3.38. The van der Waals surface area contributed by atoms with Crippen molar-refractivity contribution in [3.8, 4) is 0 Å². The van der Waals surface area contributed by atoms with Crippen LogP contribution in [0.2, 0.25) is 0 Å². The Morgan fingerprint density at radius 1 is 1.04 bits per heavy atom. The van der Waals surface area contributed by atoms with Crippen molar-refractivity contribution in [3.05, 3.63) is 77.2 Å². The average molecular weight is 344 g/mol. The Morgan fingerprint density at radius 2 is 1.92 bits per heavy atom. The van der Waals surface area contributed by atoms with E-state index in [0.29, 0.717) is 17.6 Å². The third-order valence-corrected chi connectivity index (χ3v) is 5.35. The van der Waals surface area contributed by atoms with E-state index in [-0.39, 0.29) is 11.6 Å². The van der Waals surface area contributed by atoms with Crippen molar-refractivity contribution in [2.24, 2.45) is 0 Å². The lowest BCUT2D eigenvalue weighted by atomic mass is 9.77. The quantitative estimate of drug-likeness (QED) is 0.672. The van der Waals surface area contributed by atoms with Gasteiger partial charge >= 0.3 is 0 Å². The van der Waals surface area contributed by atoms with Gasteiger partial charge in [0.25, 0.3) is 0 Å². The van der Waals surface area contributed by atoms with E-state index in [1.54, 1.807) is 18.3 Å². The lowest BCUT2D eigenvalue weighted by Gasteiger charge is -2.35. The molecule has 2 aromatic carbocycles. The average Bonchev–Trinajstić information content (AvgIpc) is 2.67. The molecule has 1 atom stereocenters. The molecule has 4 heteroatoms. The predicted molar refractivity (Wildman–Crippen MR) is 100 cm³/mol. The first kappa shape index (κ1) is 15.3. The Balaban J connectivity index is 1.81. The molecule has 0 spiro atoms. The number of nitrogens with one attached hydrogen (secondary N) is 1. The van der Waals surface area contributed by atoms with E-state index in [1.165, 1.54) is 6.07 Å². The fraction of sp³-hybridized carbons (Fsp3) is 0.182. The Hall–Kier alpha value is -3.01. The van der Waals surface area contributed by atoms with E-state index < -0.39 is 6.04 Å². The first-order valence-electron chi connectivity index (χ1n) is 8.89. The number of aromatic nitrogens is 1. The number of allylic oxidation sites excluding steroid dienone is 1. The standard InChI is InChI=1S/C22H17FN2O/c23-16-8-2-1-5-13(16)22-21-15(6-3-9-19(21)26)20-14-7-4-12-24-17(14)10-11-18(20)25-22/h1-2,4-5,7-8,10-12,22,25H,3,6,9H2/t22-/m1/s1. The molecule has 0 saturated carbocycles. The summed E-state index contributed by atoms with van der Waals surface area (Å²) in [6.07, 6.45) is 3.95. The molecule has 5 rings (SSSR count). The minimum Gasteiger partial charge on any atom is -0.373 e. The van der Waals surface area contributed by atoms with E-state index in [4.69, 9.17) is 0 Å². The molecule has 0 fully saturated rings. The monoisotopic (exact) mass is 344 g/mol. The number of halogens is 1. The van der Waals surface area contributed by atoms with Crippen molar-refractivity contribution in [3.63, 3.8) is 0 Å². The smallest absolute Gasteiger partial charge is 0.161 e. The summed E-state index contributed by atoms with van der Waals surface area (Å²) >= 11 is 0. The Labute approximate surface area is 150 Å². The van der Waals surface area contributed by atoms with Crippen LogP contribution in [-0.4, -0.2) is 10.8 Å². The van der Waals surface area contributed by atoms with Crippen LogP contribution in [0.5, 0.6) is 0 Å². The molecule has 0 saturated heterocycles. The largest absolute Gasteiger partial charge is 0.373 e. The third-order valence-electron chi connectivity index (χ3n) is 5.35. The van der Waals surface area contributed by atoms with Gasteiger partial charge in [-0.1, -0.05) is 24.3 Å². The highest BCUT2D eigenvalue weighted by molar-refractivity contribution is 6.12. The summed E-state index contributed by atoms with van der Waals surface area (Å²) in [5.74, 6) is -0.181. The maximum absolute atomic E-state index is 14.5. The molecule has 0 bridgehead atoms. The maximum Gasteiger partial charge on any atom is 0.161 e. The summed E-state index contributed by atoms with van der Waals surface area (Å²) in [6, 6.07) is 14.2. The molecule has 3 nitrogen and oxygen atoms in total. The van der Waals surface area contributed by atoms with Crippen LogP contribution in [0.1, 0.15) is 36.4 Å². The summed E-state index contributed by atoms with van der Waals surface area (Å²) in [5, 5.41) is 4.46. The molecule has 1 N–H and O–H groups in total. The van der Waals surface area contributed by atoms with Gasteiger partial charge in [-0.25, -0.2) is 4.39 Å². The highest BCUT2D eigenvalue weighted by Gasteiger charge is 2.35. The van der Waals surface area contributed by atoms with E-state index >= 15 is 0 Å². The lowest BCUT2D eigenvalue weighted by molar-refractivity contribution is -0.116. The van der Waals surface area contributed by atoms with Crippen LogP contribution in [0, 0.1) is 5.82 Å². The second-order valence-electron chi connectivity index (χ2n) is 6.83. The number of anilines is 1. The molecular formula is C22H17FN2O. The van der Waals surface area contributed by atoms with Crippen molar-refractivity contribution in [2.75, 3.05) is 5.32 Å². The zero-order valence-electron chi connectivity index (χ0n) is 14.1. The predicted octanol–water partition coefficient (Wildman–Crippen LogP) is 5.05. The number of ketones is 1. The van der Waals surface area contributed by atoms with Gasteiger partial charge in [0.1, 0.15) is 5.82 Å². The number of pyridine rings is 1. The molecule has 1 aliphatic carbocycles.